The van der Waals surface area contributed by atoms with Gasteiger partial charge < -0.3 is 5.11 Å². The van der Waals surface area contributed by atoms with Crippen molar-refractivity contribution < 1.29 is 9.90 Å². The van der Waals surface area contributed by atoms with Crippen molar-refractivity contribution in [3.63, 3.8) is 0 Å². The lowest BCUT2D eigenvalue weighted by Gasteiger charge is -2.39. The van der Waals surface area contributed by atoms with E-state index in [1.54, 1.807) is 11.3 Å². The highest BCUT2D eigenvalue weighted by atomic mass is 127. The predicted molar refractivity (Wildman–Crippen MR) is 79.7 cm³/mol. The maximum atomic E-state index is 11.5. The highest BCUT2D eigenvalue weighted by Crippen LogP contribution is 2.34. The molecule has 1 atom stereocenters. The van der Waals surface area contributed by atoms with Crippen molar-refractivity contribution in [2.75, 3.05) is 13.1 Å². The van der Waals surface area contributed by atoms with Crippen LogP contribution in [-0.2, 0) is 11.3 Å². The molecule has 1 aromatic rings. The number of likely N-dealkylation sites (tertiary alicyclic amines) is 1. The van der Waals surface area contributed by atoms with E-state index >= 15 is 0 Å². The first-order valence-corrected chi connectivity index (χ1v) is 8.01. The van der Waals surface area contributed by atoms with Gasteiger partial charge in [-0.3, -0.25) is 9.69 Å². The van der Waals surface area contributed by atoms with Gasteiger partial charge >= 0.3 is 5.97 Å². The second-order valence-electron chi connectivity index (χ2n) is 4.81. The minimum absolute atomic E-state index is 0.553. The Morgan fingerprint density at radius 3 is 3.06 bits per heavy atom. The van der Waals surface area contributed by atoms with E-state index < -0.39 is 11.4 Å². The molecular weight excluding hydrogens is 363 g/mol. The summed E-state index contributed by atoms with van der Waals surface area (Å²) in [6.45, 7) is 4.38. The predicted octanol–water partition coefficient (Wildman–Crippen LogP) is 2.82. The summed E-state index contributed by atoms with van der Waals surface area (Å²) in [5, 5.41) is 10.5. The van der Waals surface area contributed by atoms with E-state index in [0.29, 0.717) is 13.0 Å². The molecule has 0 spiro atoms. The molecular formula is C12H17IN2O2S. The largest absolute Gasteiger partial charge is 0.481 e. The first kappa shape index (κ1) is 14.2. The molecule has 1 aliphatic rings. The molecule has 0 aromatic carbocycles. The van der Waals surface area contributed by atoms with E-state index in [9.17, 15) is 9.90 Å². The summed E-state index contributed by atoms with van der Waals surface area (Å²) >= 11 is 3.95. The van der Waals surface area contributed by atoms with E-state index in [4.69, 9.17) is 0 Å². The zero-order valence-corrected chi connectivity index (χ0v) is 13.3. The lowest BCUT2D eigenvalue weighted by atomic mass is 9.77. The molecule has 0 amide bonds. The second-order valence-corrected chi connectivity index (χ2v) is 7.82. The van der Waals surface area contributed by atoms with Gasteiger partial charge in [0.2, 0.25) is 0 Å². The second kappa shape index (κ2) is 5.83. The molecule has 100 valence electrons. The maximum absolute atomic E-state index is 11.5. The van der Waals surface area contributed by atoms with Gasteiger partial charge in [0.1, 0.15) is 5.01 Å². The molecule has 1 saturated heterocycles. The first-order chi connectivity index (χ1) is 8.55. The van der Waals surface area contributed by atoms with Crippen molar-refractivity contribution in [1.29, 1.82) is 0 Å². The number of rotatable bonds is 4. The zero-order valence-electron chi connectivity index (χ0n) is 10.4. The first-order valence-electron chi connectivity index (χ1n) is 6.12. The van der Waals surface area contributed by atoms with Crippen LogP contribution < -0.4 is 0 Å². The fourth-order valence-corrected chi connectivity index (χ4v) is 4.11. The number of carboxylic acids is 1. The van der Waals surface area contributed by atoms with Crippen LogP contribution in [0, 0.1) is 8.30 Å². The summed E-state index contributed by atoms with van der Waals surface area (Å²) in [7, 11) is 0. The Kier molecular flexibility index (Phi) is 4.60. The number of piperidine rings is 1. The summed E-state index contributed by atoms with van der Waals surface area (Å²) in [6.07, 6.45) is 4.33. The number of aliphatic carboxylic acids is 1. The molecule has 18 heavy (non-hydrogen) atoms. The number of thiazole rings is 1. The van der Waals surface area contributed by atoms with Gasteiger partial charge in [-0.1, -0.05) is 6.92 Å². The lowest BCUT2D eigenvalue weighted by molar-refractivity contribution is -0.153. The fourth-order valence-electron chi connectivity index (χ4n) is 2.53. The third-order valence-corrected chi connectivity index (χ3v) is 5.38. The van der Waals surface area contributed by atoms with Gasteiger partial charge in [0.05, 0.1) is 21.0 Å². The van der Waals surface area contributed by atoms with E-state index in [2.05, 4.69) is 32.5 Å². The number of hydrogen-bond acceptors (Lipinski definition) is 4. The third kappa shape index (κ3) is 3.03. The van der Waals surface area contributed by atoms with Crippen LogP contribution in [0.15, 0.2) is 6.20 Å². The minimum Gasteiger partial charge on any atom is -0.481 e. The van der Waals surface area contributed by atoms with Crippen LogP contribution >= 0.6 is 33.9 Å². The van der Waals surface area contributed by atoms with E-state index in [1.165, 1.54) is 2.88 Å². The number of aromatic nitrogens is 1. The van der Waals surface area contributed by atoms with Crippen LogP contribution in [0.3, 0.4) is 0 Å². The number of carboxylic acid groups (broad SMARTS) is 1. The minimum atomic E-state index is -0.650. The smallest absolute Gasteiger partial charge is 0.310 e. The normalized spacial score (nSPS) is 25.2. The summed E-state index contributed by atoms with van der Waals surface area (Å²) < 4.78 is 1.18. The van der Waals surface area contributed by atoms with Crippen LogP contribution in [0.2, 0.25) is 0 Å². The maximum Gasteiger partial charge on any atom is 0.310 e. The zero-order chi connectivity index (χ0) is 13.2. The lowest BCUT2D eigenvalue weighted by Crippen LogP contribution is -2.47. The van der Waals surface area contributed by atoms with Gasteiger partial charge in [-0.15, -0.1) is 11.3 Å². The number of carbonyl (C=O) groups is 1. The van der Waals surface area contributed by atoms with Gasteiger partial charge in [0.15, 0.2) is 0 Å². The number of halogens is 1. The van der Waals surface area contributed by atoms with Crippen LogP contribution in [0.25, 0.3) is 0 Å². The molecule has 0 radical (unpaired) electrons. The van der Waals surface area contributed by atoms with Crippen LogP contribution in [-0.4, -0.2) is 34.0 Å². The Morgan fingerprint density at radius 1 is 1.72 bits per heavy atom. The highest BCUT2D eigenvalue weighted by molar-refractivity contribution is 14.1. The Bertz CT molecular complexity index is 437. The average molecular weight is 380 g/mol. The van der Waals surface area contributed by atoms with Gasteiger partial charge in [-0.2, -0.15) is 0 Å². The molecule has 6 heteroatoms. The quantitative estimate of drug-likeness (QED) is 0.817. The van der Waals surface area contributed by atoms with E-state index in [0.717, 1.165) is 30.9 Å². The molecule has 1 N–H and O–H groups in total. The van der Waals surface area contributed by atoms with Gasteiger partial charge in [0, 0.05) is 6.54 Å². The van der Waals surface area contributed by atoms with Crippen LogP contribution in [0.1, 0.15) is 31.2 Å². The molecule has 1 aliphatic heterocycles. The fraction of sp³-hybridized carbons (Fsp3) is 0.667. The molecule has 2 heterocycles. The molecule has 1 unspecified atom stereocenters. The molecule has 4 nitrogen and oxygen atoms in total. The van der Waals surface area contributed by atoms with Crippen molar-refractivity contribution in [3.8, 4) is 0 Å². The summed E-state index contributed by atoms with van der Waals surface area (Å²) in [4.78, 5) is 18.1. The van der Waals surface area contributed by atoms with E-state index in [1.807, 2.05) is 13.1 Å². The van der Waals surface area contributed by atoms with E-state index in [-0.39, 0.29) is 0 Å². The molecule has 0 aliphatic carbocycles. The Labute approximate surface area is 125 Å². The Balaban J connectivity index is 2.04. The summed E-state index contributed by atoms with van der Waals surface area (Å²) in [5.74, 6) is -0.650. The molecule has 1 fully saturated rings. The third-order valence-electron chi connectivity index (χ3n) is 3.67. The Morgan fingerprint density at radius 2 is 2.50 bits per heavy atom. The van der Waals surface area contributed by atoms with Gasteiger partial charge in [-0.05, 0) is 48.4 Å². The number of nitrogens with zero attached hydrogens (tertiary/aromatic N) is 2. The van der Waals surface area contributed by atoms with Gasteiger partial charge in [-0.25, -0.2) is 4.98 Å². The molecule has 0 saturated carbocycles. The van der Waals surface area contributed by atoms with Gasteiger partial charge in [0.25, 0.3) is 0 Å². The van der Waals surface area contributed by atoms with Crippen LogP contribution in [0.5, 0.6) is 0 Å². The van der Waals surface area contributed by atoms with Crippen molar-refractivity contribution in [3.05, 3.63) is 14.1 Å². The van der Waals surface area contributed by atoms with Crippen molar-refractivity contribution in [1.82, 2.24) is 9.88 Å². The SMILES string of the molecule is CCC1(C(=O)O)CCCN(Cc2ncc(I)s2)C1. The summed E-state index contributed by atoms with van der Waals surface area (Å²) in [5.41, 5.74) is -0.553. The molecule has 2 rings (SSSR count). The highest BCUT2D eigenvalue weighted by Gasteiger charge is 2.40. The monoisotopic (exact) mass is 380 g/mol. The number of hydrogen-bond donors (Lipinski definition) is 1. The summed E-state index contributed by atoms with van der Waals surface area (Å²) in [6, 6.07) is 0. The van der Waals surface area contributed by atoms with Crippen molar-refractivity contribution >= 4 is 39.9 Å². The van der Waals surface area contributed by atoms with Crippen molar-refractivity contribution in [2.45, 2.75) is 32.7 Å². The Hall–Kier alpha value is -0.210. The molecule has 1 aromatic heterocycles. The standard InChI is InChI=1S/C12H17IN2O2S/c1-2-12(11(16)17)4-3-5-15(8-12)7-10-14-6-9(13)18-10/h6H,2-5,7-8H2,1H3,(H,16,17). The van der Waals surface area contributed by atoms with Crippen molar-refractivity contribution in [2.24, 2.45) is 5.41 Å². The average Bonchev–Trinajstić information content (AvgIpc) is 2.74. The topological polar surface area (TPSA) is 53.4 Å². The molecule has 0 bridgehead atoms. The van der Waals surface area contributed by atoms with Crippen LogP contribution in [0.4, 0.5) is 0 Å².